The summed E-state index contributed by atoms with van der Waals surface area (Å²) >= 11 is 0.989. The van der Waals surface area contributed by atoms with Gasteiger partial charge in [-0.2, -0.15) is 0 Å². The average Bonchev–Trinajstić information content (AvgIpc) is 3.16. The topological polar surface area (TPSA) is 141 Å². The molecule has 0 aromatic carbocycles. The van der Waals surface area contributed by atoms with Gasteiger partial charge in [-0.25, -0.2) is 9.59 Å². The molecule has 4 N–H and O–H groups in total. The number of aryl methyl sites for hydroxylation is 1. The Labute approximate surface area is 146 Å². The van der Waals surface area contributed by atoms with Crippen molar-refractivity contribution in [2.75, 3.05) is 5.32 Å². The molecule has 0 aliphatic heterocycles. The van der Waals surface area contributed by atoms with Crippen molar-refractivity contribution in [1.29, 1.82) is 0 Å². The number of nitrogens with one attached hydrogen (secondary N) is 2. The molecule has 132 valence electrons. The van der Waals surface area contributed by atoms with Crippen LogP contribution < -0.4 is 16.4 Å². The second-order valence-electron chi connectivity index (χ2n) is 4.96. The lowest BCUT2D eigenvalue weighted by Crippen LogP contribution is -2.42. The molecule has 0 fully saturated rings. The highest BCUT2D eigenvalue weighted by Crippen LogP contribution is 2.28. The summed E-state index contributed by atoms with van der Waals surface area (Å²) in [4.78, 5) is 46.5. The lowest BCUT2D eigenvalue weighted by molar-refractivity contribution is -0.127. The molecule has 0 radical (unpaired) electrons. The van der Waals surface area contributed by atoms with Crippen LogP contribution in [0.25, 0.3) is 0 Å². The molecule has 0 bridgehead atoms. The lowest BCUT2D eigenvalue weighted by Gasteiger charge is -2.11. The maximum Gasteiger partial charge on any atom is 0.349 e. The Morgan fingerprint density at radius 2 is 2.04 bits per heavy atom. The van der Waals surface area contributed by atoms with Crippen LogP contribution in [0, 0.1) is 6.92 Å². The third-order valence-corrected chi connectivity index (χ3v) is 4.12. The van der Waals surface area contributed by atoms with Crippen LogP contribution in [0.5, 0.6) is 0 Å². The molecule has 2 heterocycles. The highest BCUT2D eigenvalue weighted by molar-refractivity contribution is 7.18. The number of furan rings is 1. The second kappa shape index (κ2) is 7.62. The van der Waals surface area contributed by atoms with Crippen LogP contribution >= 0.6 is 11.3 Å². The summed E-state index contributed by atoms with van der Waals surface area (Å²) in [6, 6.07) is 3.64. The number of nitrogens with two attached hydrogens (primary N) is 1. The molecular formula is C15H15N3O6S. The zero-order valence-electron chi connectivity index (χ0n) is 13.3. The fourth-order valence-electron chi connectivity index (χ4n) is 1.82. The first-order valence-electron chi connectivity index (χ1n) is 7.04. The standard InChI is InChI=1S/C15H15N3O6S/c1-7-6-10(17-13(20)9-4-3-5-23-9)25-11(7)14(21)24-8(2)12(19)18-15(16)22/h3-6,8H,1-2H3,(H,17,20)(H3,16,18,19,22). The van der Waals surface area contributed by atoms with Gasteiger partial charge in [-0.1, -0.05) is 0 Å². The number of thiophene rings is 1. The zero-order chi connectivity index (χ0) is 18.6. The smallest absolute Gasteiger partial charge is 0.349 e. The van der Waals surface area contributed by atoms with E-state index >= 15 is 0 Å². The Balaban J connectivity index is 2.03. The molecule has 10 heteroatoms. The molecular weight excluding hydrogens is 350 g/mol. The molecule has 1 atom stereocenters. The van der Waals surface area contributed by atoms with Gasteiger partial charge in [0, 0.05) is 0 Å². The minimum absolute atomic E-state index is 0.131. The molecule has 9 nitrogen and oxygen atoms in total. The minimum atomic E-state index is -1.21. The fourth-order valence-corrected chi connectivity index (χ4v) is 2.77. The molecule has 4 amide bonds. The average molecular weight is 365 g/mol. The molecule has 0 saturated heterocycles. The van der Waals surface area contributed by atoms with Gasteiger partial charge in [-0.05, 0) is 37.6 Å². The summed E-state index contributed by atoms with van der Waals surface area (Å²) < 4.78 is 9.97. The predicted octanol–water partition coefficient (Wildman–Crippen LogP) is 1.64. The van der Waals surface area contributed by atoms with Crippen molar-refractivity contribution in [3.05, 3.63) is 40.7 Å². The van der Waals surface area contributed by atoms with Crippen molar-refractivity contribution in [3.63, 3.8) is 0 Å². The number of imide groups is 1. The molecule has 0 aliphatic carbocycles. The summed E-state index contributed by atoms with van der Waals surface area (Å²) in [5.74, 6) is -1.91. The number of esters is 1. The van der Waals surface area contributed by atoms with E-state index in [9.17, 15) is 19.2 Å². The van der Waals surface area contributed by atoms with E-state index in [1.165, 1.54) is 19.3 Å². The Hall–Kier alpha value is -3.14. The molecule has 0 aliphatic rings. The Morgan fingerprint density at radius 1 is 1.32 bits per heavy atom. The number of primary amides is 1. The van der Waals surface area contributed by atoms with Crippen LogP contribution in [0.4, 0.5) is 9.80 Å². The third kappa shape index (κ3) is 4.67. The minimum Gasteiger partial charge on any atom is -0.459 e. The number of carbonyl (C=O) groups excluding carboxylic acids is 4. The lowest BCUT2D eigenvalue weighted by atomic mass is 10.3. The van der Waals surface area contributed by atoms with Gasteiger partial charge in [0.05, 0.1) is 11.3 Å². The number of carbonyl (C=O) groups is 4. The fraction of sp³-hybridized carbons (Fsp3) is 0.200. The summed E-state index contributed by atoms with van der Waals surface area (Å²) in [6.07, 6.45) is 0.165. The van der Waals surface area contributed by atoms with E-state index in [0.717, 1.165) is 11.3 Å². The largest absolute Gasteiger partial charge is 0.459 e. The summed E-state index contributed by atoms with van der Waals surface area (Å²) in [6.45, 7) is 2.96. The van der Waals surface area contributed by atoms with E-state index in [-0.39, 0.29) is 10.6 Å². The number of hydrogen-bond donors (Lipinski definition) is 3. The van der Waals surface area contributed by atoms with Gasteiger partial charge in [0.15, 0.2) is 11.9 Å². The number of urea groups is 1. The van der Waals surface area contributed by atoms with E-state index in [4.69, 9.17) is 14.9 Å². The van der Waals surface area contributed by atoms with Crippen molar-refractivity contribution in [3.8, 4) is 0 Å². The highest BCUT2D eigenvalue weighted by atomic mass is 32.1. The second-order valence-corrected chi connectivity index (χ2v) is 6.01. The van der Waals surface area contributed by atoms with Gasteiger partial charge in [-0.3, -0.25) is 14.9 Å². The quantitative estimate of drug-likeness (QED) is 0.688. The number of hydrogen-bond acceptors (Lipinski definition) is 7. The van der Waals surface area contributed by atoms with Gasteiger partial charge < -0.3 is 20.2 Å². The first-order valence-corrected chi connectivity index (χ1v) is 7.86. The van der Waals surface area contributed by atoms with Crippen LogP contribution in [-0.2, 0) is 9.53 Å². The highest BCUT2D eigenvalue weighted by Gasteiger charge is 2.23. The molecule has 0 saturated carbocycles. The Morgan fingerprint density at radius 3 is 2.64 bits per heavy atom. The number of ether oxygens (including phenoxy) is 1. The summed E-state index contributed by atoms with van der Waals surface area (Å²) in [7, 11) is 0. The van der Waals surface area contributed by atoms with Gasteiger partial charge in [-0.15, -0.1) is 11.3 Å². The van der Waals surface area contributed by atoms with E-state index in [1.807, 2.05) is 5.32 Å². The number of amides is 4. The molecule has 2 rings (SSSR count). The van der Waals surface area contributed by atoms with Crippen molar-refractivity contribution in [1.82, 2.24) is 5.32 Å². The molecule has 0 spiro atoms. The summed E-state index contributed by atoms with van der Waals surface area (Å²) in [5.41, 5.74) is 5.39. The monoisotopic (exact) mass is 365 g/mol. The molecule has 25 heavy (non-hydrogen) atoms. The van der Waals surface area contributed by atoms with Gasteiger partial charge in [0.1, 0.15) is 4.88 Å². The van der Waals surface area contributed by atoms with Gasteiger partial charge >= 0.3 is 12.0 Å². The predicted molar refractivity (Wildman–Crippen MR) is 88.3 cm³/mol. The molecule has 1 unspecified atom stereocenters. The first-order chi connectivity index (χ1) is 11.8. The van der Waals surface area contributed by atoms with E-state index in [2.05, 4.69) is 5.32 Å². The zero-order valence-corrected chi connectivity index (χ0v) is 14.1. The van der Waals surface area contributed by atoms with Crippen molar-refractivity contribution in [2.45, 2.75) is 20.0 Å². The van der Waals surface area contributed by atoms with E-state index < -0.39 is 29.9 Å². The van der Waals surface area contributed by atoms with E-state index in [1.54, 1.807) is 19.1 Å². The summed E-state index contributed by atoms with van der Waals surface area (Å²) in [5, 5.41) is 4.84. The van der Waals surface area contributed by atoms with Crippen LogP contribution in [0.2, 0.25) is 0 Å². The van der Waals surface area contributed by atoms with Crippen molar-refractivity contribution in [2.24, 2.45) is 5.73 Å². The number of anilines is 1. The molecule has 2 aromatic rings. The SMILES string of the molecule is Cc1cc(NC(=O)c2ccco2)sc1C(=O)OC(C)C(=O)NC(N)=O. The number of rotatable bonds is 5. The Bertz CT molecular complexity index is 811. The third-order valence-electron chi connectivity index (χ3n) is 2.98. The maximum atomic E-state index is 12.2. The van der Waals surface area contributed by atoms with Crippen LogP contribution in [0.15, 0.2) is 28.9 Å². The van der Waals surface area contributed by atoms with Gasteiger partial charge in [0.25, 0.3) is 11.8 Å². The van der Waals surface area contributed by atoms with E-state index in [0.29, 0.717) is 10.6 Å². The van der Waals surface area contributed by atoms with Crippen molar-refractivity contribution >= 4 is 40.2 Å². The van der Waals surface area contributed by atoms with Crippen LogP contribution in [0.1, 0.15) is 32.7 Å². The molecule has 2 aromatic heterocycles. The van der Waals surface area contributed by atoms with Gasteiger partial charge in [0.2, 0.25) is 0 Å². The van der Waals surface area contributed by atoms with Crippen LogP contribution in [0.3, 0.4) is 0 Å². The van der Waals surface area contributed by atoms with Crippen LogP contribution in [-0.4, -0.2) is 29.9 Å². The first kappa shape index (κ1) is 18.2. The van der Waals surface area contributed by atoms with Crippen molar-refractivity contribution < 1.29 is 28.3 Å². The maximum absolute atomic E-state index is 12.2. The normalized spacial score (nSPS) is 11.4. The Kier molecular flexibility index (Phi) is 5.55.